The molecule has 0 N–H and O–H groups in total. The van der Waals surface area contributed by atoms with Gasteiger partial charge in [-0.25, -0.2) is 0 Å². The van der Waals surface area contributed by atoms with Gasteiger partial charge in [0.1, 0.15) is 0 Å². The number of hydrogen-bond donors (Lipinski definition) is 0. The molecular weight excluding hydrogens is 406 g/mol. The van der Waals surface area contributed by atoms with E-state index in [0.29, 0.717) is 54.5 Å². The van der Waals surface area contributed by atoms with Crippen molar-refractivity contribution in [3.05, 3.63) is 59.2 Å². The van der Waals surface area contributed by atoms with Crippen LogP contribution in [0.1, 0.15) is 66.8 Å². The van der Waals surface area contributed by atoms with Crippen molar-refractivity contribution in [3.63, 3.8) is 0 Å². The smallest absolute Gasteiger partial charge is 0.254 e. The fourth-order valence-electron chi connectivity index (χ4n) is 3.84. The Hall–Kier alpha value is -2.86. The number of carbonyl (C=O) groups excluding carboxylic acids is 2. The molecule has 1 fully saturated rings. The number of ketones is 1. The van der Waals surface area contributed by atoms with Gasteiger partial charge >= 0.3 is 0 Å². The fourth-order valence-corrected chi connectivity index (χ4v) is 3.84. The minimum absolute atomic E-state index is 0.0421. The van der Waals surface area contributed by atoms with Crippen molar-refractivity contribution < 1.29 is 23.8 Å². The first-order chi connectivity index (χ1) is 15.4. The Bertz CT molecular complexity index is 932. The Kier molecular flexibility index (Phi) is 8.28. The van der Waals surface area contributed by atoms with Gasteiger partial charge in [-0.15, -0.1) is 0 Å². The van der Waals surface area contributed by atoms with Gasteiger partial charge in [0, 0.05) is 24.2 Å². The highest BCUT2D eigenvalue weighted by Crippen LogP contribution is 2.30. The van der Waals surface area contributed by atoms with Crippen LogP contribution in [0.3, 0.4) is 0 Å². The normalized spacial score (nSPS) is 18.3. The number of morpholine rings is 1. The lowest BCUT2D eigenvalue weighted by Gasteiger charge is -2.35. The molecule has 0 spiro atoms. The molecule has 1 amide bonds. The van der Waals surface area contributed by atoms with Gasteiger partial charge < -0.3 is 19.1 Å². The zero-order valence-corrected chi connectivity index (χ0v) is 19.4. The largest absolute Gasteiger partial charge is 0.490 e. The first-order valence-corrected chi connectivity index (χ1v) is 11.4. The molecule has 2 aromatic carbocycles. The van der Waals surface area contributed by atoms with E-state index in [1.807, 2.05) is 27.7 Å². The molecule has 6 heteroatoms. The summed E-state index contributed by atoms with van der Waals surface area (Å²) in [5.41, 5.74) is 1.25. The van der Waals surface area contributed by atoms with E-state index in [4.69, 9.17) is 14.2 Å². The molecule has 6 nitrogen and oxygen atoms in total. The molecule has 1 aliphatic rings. The third-order valence-electron chi connectivity index (χ3n) is 5.24. The molecule has 1 heterocycles. The minimum atomic E-state index is -0.216. The van der Waals surface area contributed by atoms with E-state index < -0.39 is 0 Å². The third kappa shape index (κ3) is 5.68. The number of amides is 1. The van der Waals surface area contributed by atoms with E-state index >= 15 is 0 Å². The lowest BCUT2D eigenvalue weighted by molar-refractivity contribution is -0.0586. The Morgan fingerprint density at radius 3 is 2.12 bits per heavy atom. The lowest BCUT2D eigenvalue weighted by atomic mass is 9.97. The molecule has 0 saturated carbocycles. The van der Waals surface area contributed by atoms with Crippen molar-refractivity contribution in [2.24, 2.45) is 0 Å². The van der Waals surface area contributed by atoms with Crippen LogP contribution in [-0.4, -0.2) is 55.1 Å². The zero-order chi connectivity index (χ0) is 23.1. The summed E-state index contributed by atoms with van der Waals surface area (Å²) in [4.78, 5) is 28.5. The van der Waals surface area contributed by atoms with Crippen molar-refractivity contribution in [2.75, 3.05) is 26.3 Å². The van der Waals surface area contributed by atoms with Gasteiger partial charge in [0.2, 0.25) is 0 Å². The summed E-state index contributed by atoms with van der Waals surface area (Å²) in [5, 5.41) is 0. The van der Waals surface area contributed by atoms with Crippen molar-refractivity contribution in [1.82, 2.24) is 4.90 Å². The average Bonchev–Trinajstić information content (AvgIpc) is 2.80. The molecule has 1 saturated heterocycles. The highest BCUT2D eigenvalue weighted by atomic mass is 16.5. The summed E-state index contributed by atoms with van der Waals surface area (Å²) < 4.78 is 17.4. The van der Waals surface area contributed by atoms with Crippen LogP contribution < -0.4 is 9.47 Å². The Morgan fingerprint density at radius 1 is 0.906 bits per heavy atom. The van der Waals surface area contributed by atoms with E-state index in [1.54, 1.807) is 47.4 Å². The lowest BCUT2D eigenvalue weighted by Crippen LogP contribution is -2.48. The van der Waals surface area contributed by atoms with Crippen LogP contribution in [0.25, 0.3) is 0 Å². The molecule has 0 bridgehead atoms. The summed E-state index contributed by atoms with van der Waals surface area (Å²) in [5.74, 6) is 0.802. The molecule has 2 atom stereocenters. The van der Waals surface area contributed by atoms with E-state index in [1.165, 1.54) is 0 Å². The maximum absolute atomic E-state index is 13.4. The monoisotopic (exact) mass is 439 g/mol. The van der Waals surface area contributed by atoms with E-state index in [2.05, 4.69) is 0 Å². The van der Waals surface area contributed by atoms with Gasteiger partial charge in [0.05, 0.1) is 31.0 Å². The first kappa shape index (κ1) is 23.8. The second kappa shape index (κ2) is 11.1. The topological polar surface area (TPSA) is 65.1 Å². The fraction of sp³-hybridized carbons (Fsp3) is 0.462. The summed E-state index contributed by atoms with van der Waals surface area (Å²) in [6.45, 7) is 10.1. The number of rotatable bonds is 9. The predicted molar refractivity (Wildman–Crippen MR) is 124 cm³/mol. The number of ether oxygens (including phenoxy) is 3. The van der Waals surface area contributed by atoms with Gasteiger partial charge in [-0.2, -0.15) is 0 Å². The molecule has 0 aromatic heterocycles. The summed E-state index contributed by atoms with van der Waals surface area (Å²) in [7, 11) is 0. The van der Waals surface area contributed by atoms with Crippen LogP contribution >= 0.6 is 0 Å². The molecule has 32 heavy (non-hydrogen) atoms. The van der Waals surface area contributed by atoms with Gasteiger partial charge in [-0.1, -0.05) is 32.0 Å². The first-order valence-electron chi connectivity index (χ1n) is 11.4. The van der Waals surface area contributed by atoms with Crippen LogP contribution in [0.4, 0.5) is 0 Å². The van der Waals surface area contributed by atoms with Crippen LogP contribution in [0.5, 0.6) is 11.5 Å². The highest BCUT2D eigenvalue weighted by molar-refractivity contribution is 6.15. The van der Waals surface area contributed by atoms with Gasteiger partial charge in [0.15, 0.2) is 17.3 Å². The number of carbonyl (C=O) groups is 2. The molecule has 1 aliphatic heterocycles. The average molecular weight is 440 g/mol. The molecule has 2 aromatic rings. The second-order valence-electron chi connectivity index (χ2n) is 8.20. The Morgan fingerprint density at radius 2 is 1.50 bits per heavy atom. The molecule has 0 radical (unpaired) electrons. The summed E-state index contributed by atoms with van der Waals surface area (Å²) in [6, 6.07) is 12.2. The number of benzene rings is 2. The maximum Gasteiger partial charge on any atom is 0.254 e. The van der Waals surface area contributed by atoms with Gasteiger partial charge in [-0.05, 0) is 51.0 Å². The summed E-state index contributed by atoms with van der Waals surface area (Å²) >= 11 is 0. The van der Waals surface area contributed by atoms with Crippen molar-refractivity contribution in [1.29, 1.82) is 0 Å². The molecule has 3 rings (SSSR count). The minimum Gasteiger partial charge on any atom is -0.490 e. The van der Waals surface area contributed by atoms with Crippen molar-refractivity contribution >= 4 is 11.7 Å². The predicted octanol–water partition coefficient (Wildman–Crippen LogP) is 4.74. The SMILES string of the molecule is CCCOc1ccc(C(=O)c2ccccc2C(=O)N2CC(C)OC(C)C2)cc1OCCC. The number of hydrogen-bond acceptors (Lipinski definition) is 5. The molecular formula is C26H33NO5. The standard InChI is InChI=1S/C26H33NO5/c1-5-13-30-23-12-11-20(15-24(23)31-14-6-2)25(28)21-9-7-8-10-22(21)26(29)27-16-18(3)32-19(4)17-27/h7-12,15,18-19H,5-6,13-14,16-17H2,1-4H3. The summed E-state index contributed by atoms with van der Waals surface area (Å²) in [6.07, 6.45) is 1.64. The quantitative estimate of drug-likeness (QED) is 0.528. The van der Waals surface area contributed by atoms with E-state index in [-0.39, 0.29) is 23.9 Å². The molecule has 2 unspecified atom stereocenters. The molecule has 0 aliphatic carbocycles. The van der Waals surface area contributed by atoms with Crippen LogP contribution in [-0.2, 0) is 4.74 Å². The Balaban J connectivity index is 1.90. The third-order valence-corrected chi connectivity index (χ3v) is 5.24. The van der Waals surface area contributed by atoms with E-state index in [0.717, 1.165) is 12.8 Å². The van der Waals surface area contributed by atoms with Crippen LogP contribution in [0.2, 0.25) is 0 Å². The van der Waals surface area contributed by atoms with Crippen molar-refractivity contribution in [3.8, 4) is 11.5 Å². The van der Waals surface area contributed by atoms with Gasteiger partial charge in [-0.3, -0.25) is 9.59 Å². The zero-order valence-electron chi connectivity index (χ0n) is 19.4. The van der Waals surface area contributed by atoms with Crippen LogP contribution in [0, 0.1) is 0 Å². The highest BCUT2D eigenvalue weighted by Gasteiger charge is 2.29. The maximum atomic E-state index is 13.4. The van der Waals surface area contributed by atoms with Crippen molar-refractivity contribution in [2.45, 2.75) is 52.7 Å². The number of nitrogens with zero attached hydrogens (tertiary/aromatic N) is 1. The van der Waals surface area contributed by atoms with E-state index in [9.17, 15) is 9.59 Å². The molecule has 172 valence electrons. The van der Waals surface area contributed by atoms with Gasteiger partial charge in [0.25, 0.3) is 5.91 Å². The second-order valence-corrected chi connectivity index (χ2v) is 8.20. The van der Waals surface area contributed by atoms with Crippen LogP contribution in [0.15, 0.2) is 42.5 Å². The Labute approximate surface area is 190 Å².